The number of rotatable bonds is 11. The topological polar surface area (TPSA) is 115 Å². The van der Waals surface area contributed by atoms with E-state index in [2.05, 4.69) is 46.5 Å². The zero-order valence-corrected chi connectivity index (χ0v) is 28.4. The Morgan fingerprint density at radius 1 is 1.11 bits per heavy atom. The van der Waals surface area contributed by atoms with Gasteiger partial charge in [-0.2, -0.15) is 4.31 Å². The van der Waals surface area contributed by atoms with E-state index in [0.717, 1.165) is 63.7 Å². The van der Waals surface area contributed by atoms with E-state index < -0.39 is 16.3 Å². The van der Waals surface area contributed by atoms with Crippen LogP contribution in [-0.4, -0.2) is 61.8 Å². The Kier molecular flexibility index (Phi) is 9.88. The summed E-state index contributed by atoms with van der Waals surface area (Å²) < 4.78 is 39.5. The molecule has 5 aromatic rings. The number of nitrogens with zero attached hydrogens (tertiary/aromatic N) is 6. The second-order valence-electron chi connectivity index (χ2n) is 12.6. The van der Waals surface area contributed by atoms with Crippen molar-refractivity contribution in [3.63, 3.8) is 0 Å². The summed E-state index contributed by atoms with van der Waals surface area (Å²) in [7, 11) is -1.84. The molecule has 0 bridgehead atoms. The average Bonchev–Trinajstić information content (AvgIpc) is 3.72. The lowest BCUT2D eigenvalue weighted by atomic mass is 9.84. The lowest BCUT2D eigenvalue weighted by Crippen LogP contribution is -2.34. The van der Waals surface area contributed by atoms with Crippen molar-refractivity contribution in [2.45, 2.75) is 82.6 Å². The molecule has 1 aliphatic rings. The smallest absolute Gasteiger partial charge is 0.243 e. The summed E-state index contributed by atoms with van der Waals surface area (Å²) in [6, 6.07) is 17.8. The molecule has 0 saturated heterocycles. The average molecular weight is 657 g/mol. The van der Waals surface area contributed by atoms with Gasteiger partial charge in [-0.25, -0.2) is 18.1 Å². The maximum Gasteiger partial charge on any atom is 0.243 e. The normalized spacial score (nSPS) is 18.0. The van der Waals surface area contributed by atoms with Gasteiger partial charge >= 0.3 is 0 Å². The number of imidazole rings is 1. The van der Waals surface area contributed by atoms with E-state index in [1.165, 1.54) is 0 Å². The van der Waals surface area contributed by atoms with Crippen molar-refractivity contribution >= 4 is 21.1 Å². The molecule has 0 radical (unpaired) electrons. The molecule has 3 atom stereocenters. The summed E-state index contributed by atoms with van der Waals surface area (Å²) in [4.78, 5) is 4.49. The van der Waals surface area contributed by atoms with E-state index in [1.807, 2.05) is 55.9 Å². The van der Waals surface area contributed by atoms with Crippen molar-refractivity contribution < 1.29 is 18.3 Å². The number of hydrogen-bond acceptors (Lipinski definition) is 7. The second-order valence-corrected chi connectivity index (χ2v) is 14.5. The van der Waals surface area contributed by atoms with Gasteiger partial charge in [0.1, 0.15) is 5.52 Å². The number of hydrogen-bond donors (Lipinski definition) is 1. The third-order valence-corrected chi connectivity index (χ3v) is 11.6. The van der Waals surface area contributed by atoms with Gasteiger partial charge in [-0.15, -0.1) is 5.10 Å². The first-order valence-corrected chi connectivity index (χ1v) is 17.8. The van der Waals surface area contributed by atoms with Gasteiger partial charge < -0.3 is 14.4 Å². The lowest BCUT2D eigenvalue weighted by molar-refractivity contribution is -0.107. The number of aromatic nitrogens is 5. The summed E-state index contributed by atoms with van der Waals surface area (Å²) in [5.74, 6) is -0.00333. The number of ether oxygens (including phenoxy) is 1. The van der Waals surface area contributed by atoms with Crippen LogP contribution in [0.1, 0.15) is 77.8 Å². The fourth-order valence-electron chi connectivity index (χ4n) is 6.89. The summed E-state index contributed by atoms with van der Waals surface area (Å²) >= 11 is 0. The van der Waals surface area contributed by atoms with Crippen molar-refractivity contribution in [1.29, 1.82) is 0 Å². The van der Waals surface area contributed by atoms with Gasteiger partial charge in [-0.1, -0.05) is 54.6 Å². The number of aliphatic hydroxyl groups excluding tert-OH is 1. The standard InChI is InChI=1S/C36H44N6O4S/c1-5-27-9-8-17-42(47(44,45)34-11-7-6-10-31(27)34)23-29-21-28(13-12-25(29)2)32(22-35(43)46-20-19-41-18-16-37-24-41)30-14-15-33-36(26(30)3)38-39-40(33)4/h6-7,10-16,18,21,24,27,32,35,43H,5,8-9,17,19-20,22-23H2,1-4H3. The van der Waals surface area contributed by atoms with Crippen molar-refractivity contribution in [2.24, 2.45) is 7.05 Å². The van der Waals surface area contributed by atoms with E-state index in [1.54, 1.807) is 27.6 Å². The summed E-state index contributed by atoms with van der Waals surface area (Å²) in [5, 5.41) is 19.8. The molecule has 3 heterocycles. The Bertz CT molecular complexity index is 1940. The molecule has 6 rings (SSSR count). The van der Waals surface area contributed by atoms with Gasteiger partial charge in [0, 0.05) is 51.4 Å². The zero-order chi connectivity index (χ0) is 33.1. The van der Waals surface area contributed by atoms with Gasteiger partial charge in [0.2, 0.25) is 10.0 Å². The molecule has 2 aromatic heterocycles. The van der Waals surface area contributed by atoms with Gasteiger partial charge in [-0.05, 0) is 84.5 Å². The molecule has 0 saturated carbocycles. The van der Waals surface area contributed by atoms with Crippen LogP contribution in [0.5, 0.6) is 0 Å². The van der Waals surface area contributed by atoms with E-state index in [-0.39, 0.29) is 18.4 Å². The van der Waals surface area contributed by atoms with Crippen LogP contribution in [0.2, 0.25) is 0 Å². The summed E-state index contributed by atoms with van der Waals surface area (Å²) in [6.07, 6.45) is 7.24. The second kappa shape index (κ2) is 14.1. The van der Waals surface area contributed by atoms with Crippen LogP contribution in [-0.2, 0) is 34.9 Å². The van der Waals surface area contributed by atoms with Crippen LogP contribution in [0.25, 0.3) is 11.0 Å². The van der Waals surface area contributed by atoms with E-state index >= 15 is 0 Å². The minimum absolute atomic E-state index is 0.234. The van der Waals surface area contributed by atoms with Crippen LogP contribution in [0.3, 0.4) is 0 Å². The fraction of sp³-hybridized carbons (Fsp3) is 0.417. The predicted molar refractivity (Wildman–Crippen MR) is 181 cm³/mol. The third kappa shape index (κ3) is 6.89. The summed E-state index contributed by atoms with van der Waals surface area (Å²) in [5.41, 5.74) is 7.60. The molecular formula is C36H44N6O4S. The Morgan fingerprint density at radius 3 is 2.72 bits per heavy atom. The van der Waals surface area contributed by atoms with Crippen LogP contribution in [0.4, 0.5) is 0 Å². The highest BCUT2D eigenvalue weighted by Crippen LogP contribution is 2.37. The molecular weight excluding hydrogens is 613 g/mol. The van der Waals surface area contributed by atoms with Crippen LogP contribution >= 0.6 is 0 Å². The van der Waals surface area contributed by atoms with Crippen molar-refractivity contribution in [3.8, 4) is 0 Å². The zero-order valence-electron chi connectivity index (χ0n) is 27.6. The maximum atomic E-state index is 14.2. The number of benzene rings is 3. The molecule has 3 unspecified atom stereocenters. The van der Waals surface area contributed by atoms with Gasteiger partial charge in [-0.3, -0.25) is 0 Å². The fourth-order valence-corrected chi connectivity index (χ4v) is 8.63. The molecule has 0 aliphatic carbocycles. The van der Waals surface area contributed by atoms with Crippen LogP contribution in [0, 0.1) is 13.8 Å². The van der Waals surface area contributed by atoms with E-state index in [4.69, 9.17) is 4.74 Å². The van der Waals surface area contributed by atoms with Crippen molar-refractivity contribution in [3.05, 3.63) is 107 Å². The van der Waals surface area contributed by atoms with E-state index in [0.29, 0.717) is 31.0 Å². The first-order valence-electron chi connectivity index (χ1n) is 16.4. The van der Waals surface area contributed by atoms with Crippen LogP contribution in [0.15, 0.2) is 78.2 Å². The number of sulfonamides is 1. The van der Waals surface area contributed by atoms with Gasteiger partial charge in [0.15, 0.2) is 6.29 Å². The number of fused-ring (bicyclic) bond motifs is 2. The molecule has 1 N–H and O–H groups in total. The monoisotopic (exact) mass is 656 g/mol. The molecule has 11 heteroatoms. The van der Waals surface area contributed by atoms with Crippen LogP contribution < -0.4 is 0 Å². The Hall–Kier alpha value is -3.90. The van der Waals surface area contributed by atoms with Crippen molar-refractivity contribution in [1.82, 2.24) is 28.9 Å². The number of aliphatic hydroxyl groups is 1. The highest BCUT2D eigenvalue weighted by Gasteiger charge is 2.32. The summed E-state index contributed by atoms with van der Waals surface area (Å²) in [6.45, 7) is 7.83. The minimum Gasteiger partial charge on any atom is -0.368 e. The maximum absolute atomic E-state index is 14.2. The van der Waals surface area contributed by atoms with Crippen molar-refractivity contribution in [2.75, 3.05) is 13.2 Å². The molecule has 0 amide bonds. The van der Waals surface area contributed by atoms with E-state index in [9.17, 15) is 13.5 Å². The lowest BCUT2D eigenvalue weighted by Gasteiger charge is -2.30. The highest BCUT2D eigenvalue weighted by atomic mass is 32.2. The van der Waals surface area contributed by atoms with Gasteiger partial charge in [0.05, 0.1) is 23.3 Å². The Labute approximate surface area is 277 Å². The quantitative estimate of drug-likeness (QED) is 0.178. The molecule has 0 spiro atoms. The molecule has 10 nitrogen and oxygen atoms in total. The SMILES string of the molecule is CCC1CCCN(Cc2cc(C(CC(O)OCCn3ccnc3)c3ccc4c(nnn4C)c3C)ccc2C)S(=O)(=O)c2ccccc21. The highest BCUT2D eigenvalue weighted by molar-refractivity contribution is 7.89. The molecule has 1 aliphatic heterocycles. The predicted octanol–water partition coefficient (Wildman–Crippen LogP) is 5.82. The Morgan fingerprint density at radius 2 is 1.94 bits per heavy atom. The third-order valence-electron chi connectivity index (χ3n) is 9.66. The molecule has 0 fully saturated rings. The minimum atomic E-state index is -3.71. The molecule has 47 heavy (non-hydrogen) atoms. The molecule has 248 valence electrons. The number of aryl methyl sites for hydroxylation is 3. The first kappa shape index (κ1) is 33.0. The molecule has 3 aromatic carbocycles. The first-order chi connectivity index (χ1) is 22.7. The Balaban J connectivity index is 1.33. The van der Waals surface area contributed by atoms with Gasteiger partial charge in [0.25, 0.3) is 0 Å². The largest absolute Gasteiger partial charge is 0.368 e.